The largest absolute Gasteiger partial charge is 0.389 e. The predicted octanol–water partition coefficient (Wildman–Crippen LogP) is 0.655. The van der Waals surface area contributed by atoms with Crippen molar-refractivity contribution in [2.45, 2.75) is 43.8 Å². The molecule has 0 aliphatic heterocycles. The summed E-state index contributed by atoms with van der Waals surface area (Å²) in [6.07, 6.45) is 5.24. The molecule has 0 saturated heterocycles. The number of hydrogen-bond donors (Lipinski definition) is 2. The van der Waals surface area contributed by atoms with Crippen molar-refractivity contribution < 1.29 is 9.84 Å². The van der Waals surface area contributed by atoms with Gasteiger partial charge in [0.15, 0.2) is 0 Å². The Morgan fingerprint density at radius 3 is 2.62 bits per heavy atom. The second-order valence-electron chi connectivity index (χ2n) is 4.51. The number of methoxy groups -OCH3 is 1. The van der Waals surface area contributed by atoms with E-state index in [1.165, 1.54) is 6.42 Å². The average Bonchev–Trinajstić information content (AvgIpc) is 1.97. The van der Waals surface area contributed by atoms with E-state index in [2.05, 4.69) is 0 Å². The molecule has 3 N–H and O–H groups in total. The van der Waals surface area contributed by atoms with Crippen LogP contribution < -0.4 is 5.73 Å². The summed E-state index contributed by atoms with van der Waals surface area (Å²) in [6.45, 7) is 0.578. The van der Waals surface area contributed by atoms with Crippen LogP contribution >= 0.6 is 0 Å². The Bertz CT molecular complexity index is 203. The molecule has 13 heavy (non-hydrogen) atoms. The van der Waals surface area contributed by atoms with Crippen molar-refractivity contribution in [2.24, 2.45) is 11.1 Å². The molecular formula is C10H19NO2. The molecule has 2 atom stereocenters. The number of aliphatic hydroxyl groups is 1. The van der Waals surface area contributed by atoms with Crippen molar-refractivity contribution in [1.82, 2.24) is 0 Å². The van der Waals surface area contributed by atoms with Crippen molar-refractivity contribution in [1.29, 1.82) is 0 Å². The minimum atomic E-state index is -0.513. The third-order valence-corrected chi connectivity index (χ3v) is 4.15. The molecule has 0 heterocycles. The molecule has 2 aliphatic carbocycles. The van der Waals surface area contributed by atoms with Crippen LogP contribution in [0.5, 0.6) is 0 Å². The van der Waals surface area contributed by atoms with Gasteiger partial charge in [-0.2, -0.15) is 0 Å². The lowest BCUT2D eigenvalue weighted by molar-refractivity contribution is -0.283. The second-order valence-corrected chi connectivity index (χ2v) is 4.51. The Kier molecular flexibility index (Phi) is 2.13. The van der Waals surface area contributed by atoms with Gasteiger partial charge in [0.1, 0.15) is 0 Å². The van der Waals surface area contributed by atoms with Crippen LogP contribution in [0, 0.1) is 5.41 Å². The van der Waals surface area contributed by atoms with Gasteiger partial charge in [-0.25, -0.2) is 0 Å². The van der Waals surface area contributed by atoms with E-state index in [9.17, 15) is 5.11 Å². The zero-order valence-corrected chi connectivity index (χ0v) is 8.25. The molecule has 2 fully saturated rings. The standard InChI is InChI=1S/C10H19NO2/c1-13-8-7-10(12,5-6-11)9(8)3-2-4-9/h8,12H,2-7,11H2,1H3. The van der Waals surface area contributed by atoms with Gasteiger partial charge in [0.2, 0.25) is 0 Å². The lowest BCUT2D eigenvalue weighted by Gasteiger charge is -2.66. The zero-order valence-electron chi connectivity index (χ0n) is 8.25. The van der Waals surface area contributed by atoms with Gasteiger partial charge in [0, 0.05) is 18.9 Å². The Morgan fingerprint density at radius 2 is 2.23 bits per heavy atom. The summed E-state index contributed by atoms with van der Waals surface area (Å²) < 4.78 is 5.38. The van der Waals surface area contributed by atoms with E-state index in [1.807, 2.05) is 0 Å². The number of rotatable bonds is 3. The summed E-state index contributed by atoms with van der Waals surface area (Å²) >= 11 is 0. The summed E-state index contributed by atoms with van der Waals surface area (Å²) in [5.41, 5.74) is 5.07. The van der Waals surface area contributed by atoms with E-state index in [-0.39, 0.29) is 11.5 Å². The summed E-state index contributed by atoms with van der Waals surface area (Å²) in [6, 6.07) is 0. The van der Waals surface area contributed by atoms with Gasteiger partial charge in [0.05, 0.1) is 11.7 Å². The van der Waals surface area contributed by atoms with E-state index in [0.29, 0.717) is 6.54 Å². The van der Waals surface area contributed by atoms with Crippen LogP contribution in [0.2, 0.25) is 0 Å². The van der Waals surface area contributed by atoms with Gasteiger partial charge in [0.25, 0.3) is 0 Å². The molecule has 0 aromatic heterocycles. The molecule has 0 aromatic rings. The second kappa shape index (κ2) is 2.94. The summed E-state index contributed by atoms with van der Waals surface area (Å²) in [7, 11) is 1.74. The Balaban J connectivity index is 2.08. The Labute approximate surface area is 79.3 Å². The highest BCUT2D eigenvalue weighted by molar-refractivity contribution is 5.17. The van der Waals surface area contributed by atoms with Crippen LogP contribution in [0.3, 0.4) is 0 Å². The Hall–Kier alpha value is -0.120. The molecule has 76 valence electrons. The first kappa shape index (κ1) is 9.44. The molecule has 3 nitrogen and oxygen atoms in total. The van der Waals surface area contributed by atoms with Crippen LogP contribution in [0.1, 0.15) is 32.1 Å². The third kappa shape index (κ3) is 1.01. The van der Waals surface area contributed by atoms with Gasteiger partial charge in [-0.15, -0.1) is 0 Å². The maximum atomic E-state index is 10.3. The van der Waals surface area contributed by atoms with E-state index in [4.69, 9.17) is 10.5 Å². The number of ether oxygens (including phenoxy) is 1. The van der Waals surface area contributed by atoms with Crippen molar-refractivity contribution in [3.8, 4) is 0 Å². The molecule has 0 amide bonds. The molecule has 1 spiro atoms. The van der Waals surface area contributed by atoms with Gasteiger partial charge >= 0.3 is 0 Å². The highest BCUT2D eigenvalue weighted by Gasteiger charge is 2.67. The van der Waals surface area contributed by atoms with Gasteiger partial charge in [-0.1, -0.05) is 6.42 Å². The van der Waals surface area contributed by atoms with Crippen molar-refractivity contribution >= 4 is 0 Å². The van der Waals surface area contributed by atoms with E-state index < -0.39 is 5.60 Å². The van der Waals surface area contributed by atoms with E-state index in [1.54, 1.807) is 7.11 Å². The fraction of sp³-hybridized carbons (Fsp3) is 1.00. The minimum absolute atomic E-state index is 0.0706. The van der Waals surface area contributed by atoms with Crippen molar-refractivity contribution in [3.05, 3.63) is 0 Å². The monoisotopic (exact) mass is 185 g/mol. The fourth-order valence-corrected chi connectivity index (χ4v) is 3.12. The SMILES string of the molecule is COC1CC(O)(CCN)C12CCC2. The number of nitrogens with two attached hydrogens (primary N) is 1. The maximum absolute atomic E-state index is 10.3. The maximum Gasteiger partial charge on any atom is 0.0765 e. The summed E-state index contributed by atoms with van der Waals surface area (Å²) in [5, 5.41) is 10.3. The lowest BCUT2D eigenvalue weighted by Crippen LogP contribution is -2.70. The van der Waals surface area contributed by atoms with Gasteiger partial charge in [-0.05, 0) is 25.8 Å². The first-order valence-corrected chi connectivity index (χ1v) is 5.14. The molecule has 2 rings (SSSR count). The first-order chi connectivity index (χ1) is 6.18. The molecule has 0 radical (unpaired) electrons. The zero-order chi connectivity index (χ0) is 9.53. The molecule has 2 saturated carbocycles. The van der Waals surface area contributed by atoms with Crippen LogP contribution in [0.4, 0.5) is 0 Å². The van der Waals surface area contributed by atoms with Crippen LogP contribution in [-0.4, -0.2) is 30.5 Å². The fourth-order valence-electron chi connectivity index (χ4n) is 3.12. The van der Waals surface area contributed by atoms with Gasteiger partial charge < -0.3 is 15.6 Å². The predicted molar refractivity (Wildman–Crippen MR) is 50.3 cm³/mol. The summed E-state index contributed by atoms with van der Waals surface area (Å²) in [4.78, 5) is 0. The molecule has 2 aliphatic rings. The average molecular weight is 185 g/mol. The molecular weight excluding hydrogens is 166 g/mol. The lowest BCUT2D eigenvalue weighted by atomic mass is 9.44. The van der Waals surface area contributed by atoms with Crippen LogP contribution in [0.25, 0.3) is 0 Å². The third-order valence-electron chi connectivity index (χ3n) is 4.15. The van der Waals surface area contributed by atoms with Crippen molar-refractivity contribution in [3.63, 3.8) is 0 Å². The smallest absolute Gasteiger partial charge is 0.0765 e. The topological polar surface area (TPSA) is 55.5 Å². The molecule has 3 heteroatoms. The highest BCUT2D eigenvalue weighted by atomic mass is 16.5. The summed E-state index contributed by atoms with van der Waals surface area (Å²) in [5.74, 6) is 0. The number of hydrogen-bond acceptors (Lipinski definition) is 3. The highest BCUT2D eigenvalue weighted by Crippen LogP contribution is 2.64. The Morgan fingerprint density at radius 1 is 1.54 bits per heavy atom. The normalized spacial score (nSPS) is 41.3. The molecule has 0 aromatic carbocycles. The molecule has 0 bridgehead atoms. The van der Waals surface area contributed by atoms with Crippen LogP contribution in [-0.2, 0) is 4.74 Å². The van der Waals surface area contributed by atoms with Crippen molar-refractivity contribution in [2.75, 3.05) is 13.7 Å². The molecule has 2 unspecified atom stereocenters. The van der Waals surface area contributed by atoms with E-state index in [0.717, 1.165) is 25.7 Å². The van der Waals surface area contributed by atoms with E-state index >= 15 is 0 Å². The van der Waals surface area contributed by atoms with Gasteiger partial charge in [-0.3, -0.25) is 0 Å². The first-order valence-electron chi connectivity index (χ1n) is 5.14. The van der Waals surface area contributed by atoms with Crippen LogP contribution in [0.15, 0.2) is 0 Å². The minimum Gasteiger partial charge on any atom is -0.389 e. The quantitative estimate of drug-likeness (QED) is 0.679.